The highest BCUT2D eigenvalue weighted by Gasteiger charge is 2.23. The fourth-order valence-electron chi connectivity index (χ4n) is 2.29. The molecule has 0 unspecified atom stereocenters. The molecule has 130 valence electrons. The maximum absolute atomic E-state index is 12.9. The predicted octanol–water partition coefficient (Wildman–Crippen LogP) is 1.96. The Morgan fingerprint density at radius 1 is 1.24 bits per heavy atom. The van der Waals surface area contributed by atoms with E-state index in [4.69, 9.17) is 0 Å². The van der Waals surface area contributed by atoms with Gasteiger partial charge in [-0.3, -0.25) is 9.89 Å². The van der Waals surface area contributed by atoms with Gasteiger partial charge in [-0.25, -0.2) is 12.8 Å². The summed E-state index contributed by atoms with van der Waals surface area (Å²) in [6.07, 6.45) is 1.62. The molecule has 0 bridgehead atoms. The van der Waals surface area contributed by atoms with E-state index in [0.29, 0.717) is 5.69 Å². The average molecular weight is 362 g/mol. The van der Waals surface area contributed by atoms with Crippen LogP contribution in [0, 0.1) is 5.82 Å². The second kappa shape index (κ2) is 6.61. The summed E-state index contributed by atoms with van der Waals surface area (Å²) < 4.78 is 38.6. The van der Waals surface area contributed by atoms with Crippen LogP contribution in [0.5, 0.6) is 0 Å². The lowest BCUT2D eigenvalue weighted by molar-refractivity contribution is -0.116. The third kappa shape index (κ3) is 3.67. The molecular formula is C16H15FN4O3S. The number of hydrogen-bond acceptors (Lipinski definition) is 4. The molecule has 0 saturated heterocycles. The first-order valence-electron chi connectivity index (χ1n) is 7.31. The molecular weight excluding hydrogens is 347 g/mol. The Kier molecular flexibility index (Phi) is 4.51. The molecule has 9 heteroatoms. The quantitative estimate of drug-likeness (QED) is 0.725. The van der Waals surface area contributed by atoms with Crippen molar-refractivity contribution in [3.05, 3.63) is 54.5 Å². The lowest BCUT2D eigenvalue weighted by atomic mass is 10.2. The summed E-state index contributed by atoms with van der Waals surface area (Å²) in [4.78, 5) is 12.0. The number of carbonyl (C=O) groups excluding carboxylic acids is 1. The van der Waals surface area contributed by atoms with Crippen molar-refractivity contribution in [1.29, 1.82) is 0 Å². The SMILES string of the molecule is CN(CC(=O)Nc1ccc2[nH]ncc2c1)S(=O)(=O)c1ccc(F)cc1. The van der Waals surface area contributed by atoms with Crippen molar-refractivity contribution in [2.75, 3.05) is 18.9 Å². The van der Waals surface area contributed by atoms with E-state index < -0.39 is 21.7 Å². The van der Waals surface area contributed by atoms with Gasteiger partial charge in [0.25, 0.3) is 0 Å². The molecule has 0 saturated carbocycles. The molecule has 0 aliphatic heterocycles. The number of likely N-dealkylation sites (N-methyl/N-ethyl adjacent to an activating group) is 1. The lowest BCUT2D eigenvalue weighted by Crippen LogP contribution is -2.34. The molecule has 7 nitrogen and oxygen atoms in total. The van der Waals surface area contributed by atoms with E-state index in [2.05, 4.69) is 15.5 Å². The Morgan fingerprint density at radius 2 is 1.96 bits per heavy atom. The van der Waals surface area contributed by atoms with Crippen LogP contribution >= 0.6 is 0 Å². The highest BCUT2D eigenvalue weighted by Crippen LogP contribution is 2.18. The molecule has 0 aliphatic rings. The van der Waals surface area contributed by atoms with Gasteiger partial charge in [-0.05, 0) is 42.5 Å². The molecule has 0 radical (unpaired) electrons. The topological polar surface area (TPSA) is 95.2 Å². The molecule has 3 rings (SSSR count). The number of nitrogens with zero attached hydrogens (tertiary/aromatic N) is 2. The summed E-state index contributed by atoms with van der Waals surface area (Å²) in [5, 5.41) is 10.2. The Morgan fingerprint density at radius 3 is 2.68 bits per heavy atom. The molecule has 2 aromatic carbocycles. The second-order valence-corrected chi connectivity index (χ2v) is 7.48. The van der Waals surface area contributed by atoms with E-state index in [-0.39, 0.29) is 11.4 Å². The molecule has 0 spiro atoms. The van der Waals surface area contributed by atoms with Gasteiger partial charge >= 0.3 is 0 Å². The molecule has 1 aromatic heterocycles. The van der Waals surface area contributed by atoms with Crippen LogP contribution in [-0.2, 0) is 14.8 Å². The molecule has 0 atom stereocenters. The number of amides is 1. The lowest BCUT2D eigenvalue weighted by Gasteiger charge is -2.17. The van der Waals surface area contributed by atoms with E-state index in [1.807, 2.05) is 0 Å². The van der Waals surface area contributed by atoms with Gasteiger partial charge in [0.2, 0.25) is 15.9 Å². The minimum Gasteiger partial charge on any atom is -0.325 e. The van der Waals surface area contributed by atoms with E-state index in [1.54, 1.807) is 24.4 Å². The van der Waals surface area contributed by atoms with Crippen LogP contribution in [0.3, 0.4) is 0 Å². The van der Waals surface area contributed by atoms with Crippen molar-refractivity contribution in [3.8, 4) is 0 Å². The Balaban J connectivity index is 1.69. The van der Waals surface area contributed by atoms with Crippen molar-refractivity contribution >= 4 is 32.5 Å². The minimum absolute atomic E-state index is 0.0796. The first-order chi connectivity index (χ1) is 11.9. The molecule has 0 fully saturated rings. The summed E-state index contributed by atoms with van der Waals surface area (Å²) in [6.45, 7) is -0.372. The number of benzene rings is 2. The van der Waals surface area contributed by atoms with Crippen molar-refractivity contribution in [1.82, 2.24) is 14.5 Å². The number of anilines is 1. The number of nitrogens with one attached hydrogen (secondary N) is 2. The molecule has 1 amide bonds. The molecule has 1 heterocycles. The second-order valence-electron chi connectivity index (χ2n) is 5.44. The van der Waals surface area contributed by atoms with Crippen LogP contribution in [0.4, 0.5) is 10.1 Å². The zero-order valence-electron chi connectivity index (χ0n) is 13.2. The van der Waals surface area contributed by atoms with E-state index >= 15 is 0 Å². The Bertz CT molecular complexity index is 1020. The van der Waals surface area contributed by atoms with Gasteiger partial charge in [0.15, 0.2) is 0 Å². The molecule has 2 N–H and O–H groups in total. The predicted molar refractivity (Wildman–Crippen MR) is 90.9 cm³/mol. The fourth-order valence-corrected chi connectivity index (χ4v) is 3.42. The number of hydrogen-bond donors (Lipinski definition) is 2. The number of rotatable bonds is 5. The highest BCUT2D eigenvalue weighted by molar-refractivity contribution is 7.89. The third-order valence-corrected chi connectivity index (χ3v) is 5.43. The number of halogens is 1. The van der Waals surface area contributed by atoms with Crippen LogP contribution in [-0.4, -0.2) is 42.4 Å². The van der Waals surface area contributed by atoms with Crippen LogP contribution in [0.25, 0.3) is 10.9 Å². The Hall–Kier alpha value is -2.78. The van der Waals surface area contributed by atoms with E-state index in [1.165, 1.54) is 7.05 Å². The molecule has 0 aliphatic carbocycles. The standard InChI is InChI=1S/C16H15FN4O3S/c1-21(25(23,24)14-5-2-12(17)3-6-14)10-16(22)19-13-4-7-15-11(8-13)9-18-20-15/h2-9H,10H2,1H3,(H,18,20)(H,19,22). The van der Waals surface area contributed by atoms with Crippen molar-refractivity contribution in [2.24, 2.45) is 0 Å². The monoisotopic (exact) mass is 362 g/mol. The number of aromatic amines is 1. The normalized spacial score (nSPS) is 11.8. The number of fused-ring (bicyclic) bond motifs is 1. The number of carbonyl (C=O) groups is 1. The minimum atomic E-state index is -3.88. The van der Waals surface area contributed by atoms with Gasteiger partial charge in [0.05, 0.1) is 23.2 Å². The van der Waals surface area contributed by atoms with Crippen LogP contribution < -0.4 is 5.32 Å². The number of H-pyrrole nitrogens is 1. The van der Waals surface area contributed by atoms with E-state index in [0.717, 1.165) is 39.5 Å². The number of sulfonamides is 1. The first-order valence-corrected chi connectivity index (χ1v) is 8.75. The van der Waals surface area contributed by atoms with Crippen LogP contribution in [0.1, 0.15) is 0 Å². The average Bonchev–Trinajstić information content (AvgIpc) is 3.02. The zero-order chi connectivity index (χ0) is 18.0. The van der Waals surface area contributed by atoms with Gasteiger partial charge in [-0.2, -0.15) is 9.40 Å². The van der Waals surface area contributed by atoms with E-state index in [9.17, 15) is 17.6 Å². The zero-order valence-corrected chi connectivity index (χ0v) is 14.0. The maximum Gasteiger partial charge on any atom is 0.243 e. The summed E-state index contributed by atoms with van der Waals surface area (Å²) in [7, 11) is -2.59. The summed E-state index contributed by atoms with van der Waals surface area (Å²) in [5.74, 6) is -1.02. The summed E-state index contributed by atoms with van der Waals surface area (Å²) in [5.41, 5.74) is 1.36. The van der Waals surface area contributed by atoms with Crippen molar-refractivity contribution < 1.29 is 17.6 Å². The third-order valence-electron chi connectivity index (χ3n) is 3.61. The summed E-state index contributed by atoms with van der Waals surface area (Å²) in [6, 6.07) is 9.61. The number of aromatic nitrogens is 2. The van der Waals surface area contributed by atoms with Gasteiger partial charge < -0.3 is 5.32 Å². The van der Waals surface area contributed by atoms with Gasteiger partial charge in [0, 0.05) is 18.1 Å². The van der Waals surface area contributed by atoms with Gasteiger partial charge in [-0.1, -0.05) is 0 Å². The van der Waals surface area contributed by atoms with Crippen LogP contribution in [0.2, 0.25) is 0 Å². The molecule has 25 heavy (non-hydrogen) atoms. The van der Waals surface area contributed by atoms with Gasteiger partial charge in [0.1, 0.15) is 5.82 Å². The smallest absolute Gasteiger partial charge is 0.243 e. The maximum atomic E-state index is 12.9. The van der Waals surface area contributed by atoms with Crippen molar-refractivity contribution in [2.45, 2.75) is 4.90 Å². The van der Waals surface area contributed by atoms with Crippen molar-refractivity contribution in [3.63, 3.8) is 0 Å². The molecule has 3 aromatic rings. The largest absolute Gasteiger partial charge is 0.325 e. The van der Waals surface area contributed by atoms with Crippen LogP contribution in [0.15, 0.2) is 53.6 Å². The summed E-state index contributed by atoms with van der Waals surface area (Å²) >= 11 is 0. The van der Waals surface area contributed by atoms with Gasteiger partial charge in [-0.15, -0.1) is 0 Å². The highest BCUT2D eigenvalue weighted by atomic mass is 32.2. The fraction of sp³-hybridized carbons (Fsp3) is 0.125. The first kappa shape index (κ1) is 17.1. The Labute approximate surface area is 143 Å².